The Balaban J connectivity index is 1.62. The van der Waals surface area contributed by atoms with Gasteiger partial charge in [0.1, 0.15) is 5.82 Å². The van der Waals surface area contributed by atoms with Crippen molar-refractivity contribution in [2.45, 2.75) is 46.6 Å². The number of nitrogens with two attached hydrogens (primary N) is 1. The van der Waals surface area contributed by atoms with Crippen LogP contribution in [0.2, 0.25) is 0 Å². The van der Waals surface area contributed by atoms with Gasteiger partial charge in [0.15, 0.2) is 11.6 Å². The number of aryl methyl sites for hydroxylation is 3. The molecule has 6 nitrogen and oxygen atoms in total. The van der Waals surface area contributed by atoms with Crippen molar-refractivity contribution >= 4 is 23.2 Å². The monoisotopic (exact) mass is 642 g/mol. The first-order valence-electron chi connectivity index (χ1n) is 14.9. The molecule has 0 aliphatic rings. The Morgan fingerprint density at radius 1 is 0.870 bits per heavy atom. The number of nitrogens with zero attached hydrogens (tertiary/aromatic N) is 2. The van der Waals surface area contributed by atoms with Gasteiger partial charge < -0.3 is 11.1 Å². The predicted molar refractivity (Wildman–Crippen MR) is 174 cm³/mol. The van der Waals surface area contributed by atoms with Crippen LogP contribution >= 0.6 is 11.3 Å². The summed E-state index contributed by atoms with van der Waals surface area (Å²) in [5.74, 6) is -3.16. The highest BCUT2D eigenvalue weighted by Gasteiger charge is 2.27. The van der Waals surface area contributed by atoms with E-state index in [1.165, 1.54) is 29.5 Å². The summed E-state index contributed by atoms with van der Waals surface area (Å²) < 4.78 is 40.6. The average Bonchev–Trinajstić information content (AvgIpc) is 3.51. The number of pyridine rings is 2. The van der Waals surface area contributed by atoms with E-state index < -0.39 is 23.4 Å². The van der Waals surface area contributed by atoms with Crippen LogP contribution in [0.1, 0.15) is 62.1 Å². The van der Waals surface area contributed by atoms with Gasteiger partial charge in [-0.25, -0.2) is 13.2 Å². The van der Waals surface area contributed by atoms with Gasteiger partial charge in [-0.2, -0.15) is 0 Å². The van der Waals surface area contributed by atoms with Crippen LogP contribution < -0.4 is 11.1 Å². The number of benzene rings is 2. The van der Waals surface area contributed by atoms with E-state index in [-0.39, 0.29) is 23.8 Å². The SMILES string of the molecule is Cc1ccc(-c2c(CCc3ccc(F)cc3)nc(CC(C)C)c(C(N)=O)c2-c2ccc(C(=O)NCc3ccc(F)c(F)c3)s2)cn1. The van der Waals surface area contributed by atoms with Gasteiger partial charge >= 0.3 is 0 Å². The van der Waals surface area contributed by atoms with Gasteiger partial charge in [0.2, 0.25) is 0 Å². The van der Waals surface area contributed by atoms with Crippen LogP contribution in [0.5, 0.6) is 0 Å². The number of amides is 2. The highest BCUT2D eigenvalue weighted by atomic mass is 32.1. The third-order valence-corrected chi connectivity index (χ3v) is 8.57. The Hall–Kier alpha value is -4.83. The first-order valence-corrected chi connectivity index (χ1v) is 15.7. The van der Waals surface area contributed by atoms with Gasteiger partial charge in [0.25, 0.3) is 11.8 Å². The van der Waals surface area contributed by atoms with Gasteiger partial charge in [0.05, 0.1) is 16.1 Å². The quantitative estimate of drug-likeness (QED) is 0.155. The van der Waals surface area contributed by atoms with E-state index in [2.05, 4.69) is 10.3 Å². The van der Waals surface area contributed by atoms with Crippen molar-refractivity contribution in [2.75, 3.05) is 0 Å². The number of hydrogen-bond donors (Lipinski definition) is 2. The molecule has 0 saturated heterocycles. The minimum Gasteiger partial charge on any atom is -0.366 e. The van der Waals surface area contributed by atoms with Crippen molar-refractivity contribution in [1.29, 1.82) is 0 Å². The molecule has 236 valence electrons. The predicted octanol–water partition coefficient (Wildman–Crippen LogP) is 7.61. The molecule has 0 aliphatic heterocycles. The standard InChI is InChI=1S/C36H33F3N4O2S/c1-20(2)16-29-33(35(40)44)34(30-14-15-31(46-30)36(45)42-18-23-7-12-26(38)27(39)17-23)32(24-9-4-21(3)41-19-24)28(43-29)13-8-22-5-10-25(37)11-6-22/h4-7,9-12,14-15,17,19-20H,8,13,16,18H2,1-3H3,(H2,40,44)(H,42,45). The largest absolute Gasteiger partial charge is 0.366 e. The molecule has 3 N–H and O–H groups in total. The highest BCUT2D eigenvalue weighted by Crippen LogP contribution is 2.42. The fourth-order valence-corrected chi connectivity index (χ4v) is 6.25. The number of primary amides is 1. The molecule has 5 aromatic rings. The molecule has 3 aromatic heterocycles. The molecule has 0 spiro atoms. The van der Waals surface area contributed by atoms with Gasteiger partial charge in [-0.15, -0.1) is 11.3 Å². The van der Waals surface area contributed by atoms with Crippen molar-refractivity contribution < 1.29 is 22.8 Å². The molecule has 2 amide bonds. The summed E-state index contributed by atoms with van der Waals surface area (Å²) in [6, 6.07) is 17.0. The second kappa shape index (κ2) is 14.1. The molecule has 0 aliphatic carbocycles. The summed E-state index contributed by atoms with van der Waals surface area (Å²) in [6.07, 6.45) is 3.28. The van der Waals surface area contributed by atoms with Crippen molar-refractivity contribution in [3.63, 3.8) is 0 Å². The number of carbonyl (C=O) groups is 2. The van der Waals surface area contributed by atoms with Crippen LogP contribution in [-0.4, -0.2) is 21.8 Å². The summed E-state index contributed by atoms with van der Waals surface area (Å²) in [5, 5.41) is 2.75. The lowest BCUT2D eigenvalue weighted by Gasteiger charge is -2.21. The molecule has 0 bridgehead atoms. The molecule has 10 heteroatoms. The molecular formula is C36H33F3N4O2S. The zero-order valence-electron chi connectivity index (χ0n) is 25.7. The number of rotatable bonds is 11. The Morgan fingerprint density at radius 2 is 1.61 bits per heavy atom. The van der Waals surface area contributed by atoms with Crippen molar-refractivity contribution in [1.82, 2.24) is 15.3 Å². The smallest absolute Gasteiger partial charge is 0.261 e. The van der Waals surface area contributed by atoms with Gasteiger partial charge in [-0.1, -0.05) is 38.1 Å². The van der Waals surface area contributed by atoms with E-state index in [4.69, 9.17) is 10.7 Å². The molecule has 5 rings (SSSR count). The van der Waals surface area contributed by atoms with Crippen LogP contribution in [0, 0.1) is 30.3 Å². The second-order valence-corrected chi connectivity index (χ2v) is 12.6. The molecule has 3 heterocycles. The summed E-state index contributed by atoms with van der Waals surface area (Å²) in [5.41, 5.74) is 11.8. The van der Waals surface area contributed by atoms with Crippen LogP contribution in [0.15, 0.2) is 72.9 Å². The van der Waals surface area contributed by atoms with Gasteiger partial charge in [-0.05, 0) is 85.7 Å². The van der Waals surface area contributed by atoms with E-state index in [1.54, 1.807) is 30.5 Å². The van der Waals surface area contributed by atoms with Gasteiger partial charge in [0, 0.05) is 45.7 Å². The third kappa shape index (κ3) is 7.51. The maximum atomic E-state index is 13.7. The van der Waals surface area contributed by atoms with Gasteiger partial charge in [-0.3, -0.25) is 19.6 Å². The Bertz CT molecular complexity index is 1890. The molecule has 0 unspecified atom stereocenters. The Morgan fingerprint density at radius 3 is 2.26 bits per heavy atom. The first kappa shape index (κ1) is 32.6. The summed E-state index contributed by atoms with van der Waals surface area (Å²) in [7, 11) is 0. The molecular weight excluding hydrogens is 609 g/mol. The van der Waals surface area contributed by atoms with E-state index in [0.717, 1.165) is 34.6 Å². The van der Waals surface area contributed by atoms with Crippen LogP contribution in [-0.2, 0) is 25.8 Å². The number of halogens is 3. The molecule has 46 heavy (non-hydrogen) atoms. The third-order valence-electron chi connectivity index (χ3n) is 7.47. The minimum absolute atomic E-state index is 0.00256. The Kier molecular flexibility index (Phi) is 9.96. The molecule has 0 atom stereocenters. The highest BCUT2D eigenvalue weighted by molar-refractivity contribution is 7.17. The maximum Gasteiger partial charge on any atom is 0.261 e. The molecule has 0 fully saturated rings. The fraction of sp³-hybridized carbons (Fsp3) is 0.222. The van der Waals surface area contributed by atoms with E-state index in [1.807, 2.05) is 32.9 Å². The molecule has 0 saturated carbocycles. The minimum atomic E-state index is -0.993. The van der Waals surface area contributed by atoms with Crippen molar-refractivity contribution in [2.24, 2.45) is 11.7 Å². The summed E-state index contributed by atoms with van der Waals surface area (Å²) in [4.78, 5) is 36.9. The van der Waals surface area contributed by atoms with Crippen molar-refractivity contribution in [3.05, 3.63) is 129 Å². The number of aromatic nitrogens is 2. The van der Waals surface area contributed by atoms with Crippen LogP contribution in [0.4, 0.5) is 13.2 Å². The topological polar surface area (TPSA) is 98.0 Å². The summed E-state index contributed by atoms with van der Waals surface area (Å²) in [6.45, 7) is 5.94. The molecule has 2 aromatic carbocycles. The zero-order chi connectivity index (χ0) is 33.0. The van der Waals surface area contributed by atoms with E-state index in [9.17, 15) is 22.8 Å². The van der Waals surface area contributed by atoms with Crippen molar-refractivity contribution in [3.8, 4) is 21.6 Å². The number of thiophene rings is 1. The van der Waals surface area contributed by atoms with E-state index >= 15 is 0 Å². The lowest BCUT2D eigenvalue weighted by atomic mass is 9.88. The Labute approximate surface area is 269 Å². The zero-order valence-corrected chi connectivity index (χ0v) is 26.5. The molecule has 0 radical (unpaired) electrons. The average molecular weight is 643 g/mol. The van der Waals surface area contributed by atoms with E-state index in [0.29, 0.717) is 51.4 Å². The second-order valence-electron chi connectivity index (χ2n) is 11.5. The van der Waals surface area contributed by atoms with Crippen LogP contribution in [0.25, 0.3) is 21.6 Å². The maximum absolute atomic E-state index is 13.7. The fourth-order valence-electron chi connectivity index (χ4n) is 5.27. The first-order chi connectivity index (χ1) is 22.0. The number of nitrogens with one attached hydrogen (secondary N) is 1. The van der Waals surface area contributed by atoms with Crippen LogP contribution in [0.3, 0.4) is 0 Å². The summed E-state index contributed by atoms with van der Waals surface area (Å²) >= 11 is 1.19. The normalized spacial score (nSPS) is 11.2. The number of carbonyl (C=O) groups excluding carboxylic acids is 2. The lowest BCUT2D eigenvalue weighted by molar-refractivity contribution is 0.0953. The number of hydrogen-bond acceptors (Lipinski definition) is 5. The lowest BCUT2D eigenvalue weighted by Crippen LogP contribution is -2.21.